The molecule has 0 radical (unpaired) electrons. The Morgan fingerprint density at radius 1 is 1.55 bits per heavy atom. The van der Waals surface area contributed by atoms with Crippen LogP contribution in [0.5, 0.6) is 5.88 Å². The van der Waals surface area contributed by atoms with Crippen molar-refractivity contribution in [2.75, 3.05) is 6.54 Å². The number of rotatable bonds is 0. The molecule has 1 aliphatic heterocycles. The Morgan fingerprint density at radius 3 is 3.09 bits per heavy atom. The number of aromatic nitrogens is 2. The Kier molecular flexibility index (Phi) is 1.25. The molecule has 0 aliphatic carbocycles. The zero-order valence-corrected chi connectivity index (χ0v) is 5.92. The van der Waals surface area contributed by atoms with E-state index in [1.807, 2.05) is 0 Å². The average Bonchev–Trinajstić information content (AvgIpc) is 2.30. The fraction of sp³-hybridized carbons (Fsp3) is 0.500. The predicted molar refractivity (Wildman–Crippen MR) is 38.4 cm³/mol. The van der Waals surface area contributed by atoms with Crippen LogP contribution in [-0.2, 0) is 13.1 Å². The molecule has 0 saturated carbocycles. The molecule has 0 spiro atoms. The zero-order chi connectivity index (χ0) is 7.84. The number of fused-ring (bicyclic) bond motifs is 1. The topological polar surface area (TPSA) is 70.0 Å². The molecule has 2 rings (SSSR count). The van der Waals surface area contributed by atoms with Crippen molar-refractivity contribution in [2.24, 2.45) is 0 Å². The third-order valence-electron chi connectivity index (χ3n) is 1.87. The van der Waals surface area contributed by atoms with Gasteiger partial charge in [0.2, 0.25) is 5.88 Å². The number of nitrogens with one attached hydrogen (secondary N) is 2. The summed E-state index contributed by atoms with van der Waals surface area (Å²) in [5.41, 5.74) is 0.431. The smallest absolute Gasteiger partial charge is 0.328 e. The van der Waals surface area contributed by atoms with Gasteiger partial charge in [0, 0.05) is 19.6 Å². The first-order valence-corrected chi connectivity index (χ1v) is 3.50. The molecule has 0 atom stereocenters. The van der Waals surface area contributed by atoms with E-state index in [0.29, 0.717) is 18.8 Å². The Morgan fingerprint density at radius 2 is 2.36 bits per heavy atom. The van der Waals surface area contributed by atoms with E-state index in [1.54, 1.807) is 4.57 Å². The quantitative estimate of drug-likeness (QED) is 0.449. The number of aromatic amines is 1. The Balaban J connectivity index is 2.61. The molecule has 0 unspecified atom stereocenters. The van der Waals surface area contributed by atoms with Crippen LogP contribution in [0.3, 0.4) is 0 Å². The van der Waals surface area contributed by atoms with Crippen LogP contribution in [0.25, 0.3) is 0 Å². The summed E-state index contributed by atoms with van der Waals surface area (Å²) in [7, 11) is 0. The van der Waals surface area contributed by atoms with Crippen molar-refractivity contribution in [1.82, 2.24) is 14.9 Å². The van der Waals surface area contributed by atoms with E-state index in [2.05, 4.69) is 10.3 Å². The minimum atomic E-state index is -0.223. The van der Waals surface area contributed by atoms with E-state index in [9.17, 15) is 4.79 Å². The molecule has 5 nitrogen and oxygen atoms in total. The van der Waals surface area contributed by atoms with Gasteiger partial charge in [0.15, 0.2) is 0 Å². The molecule has 2 heterocycles. The van der Waals surface area contributed by atoms with Crippen LogP contribution in [0, 0.1) is 0 Å². The molecule has 1 aromatic rings. The number of imidazole rings is 1. The first kappa shape index (κ1) is 6.48. The molecule has 3 N–H and O–H groups in total. The van der Waals surface area contributed by atoms with Crippen molar-refractivity contribution in [1.29, 1.82) is 0 Å². The summed E-state index contributed by atoms with van der Waals surface area (Å²) in [6, 6.07) is 0. The second-order valence-electron chi connectivity index (χ2n) is 2.55. The van der Waals surface area contributed by atoms with E-state index >= 15 is 0 Å². The average molecular weight is 155 g/mol. The SMILES string of the molecule is O=c1[nH]c(O)c2n1CCNC2. The Labute approximate surface area is 62.7 Å². The fourth-order valence-corrected chi connectivity index (χ4v) is 1.30. The maximum atomic E-state index is 11.0. The van der Waals surface area contributed by atoms with E-state index in [-0.39, 0.29) is 11.6 Å². The maximum absolute atomic E-state index is 11.0. The summed E-state index contributed by atoms with van der Waals surface area (Å²) < 4.78 is 1.55. The van der Waals surface area contributed by atoms with Gasteiger partial charge in [-0.1, -0.05) is 0 Å². The molecule has 0 bridgehead atoms. The van der Waals surface area contributed by atoms with Crippen LogP contribution >= 0.6 is 0 Å². The second-order valence-corrected chi connectivity index (χ2v) is 2.55. The van der Waals surface area contributed by atoms with Gasteiger partial charge in [-0.2, -0.15) is 0 Å². The van der Waals surface area contributed by atoms with Gasteiger partial charge in [-0.15, -0.1) is 0 Å². The van der Waals surface area contributed by atoms with Crippen molar-refractivity contribution >= 4 is 0 Å². The lowest BCUT2D eigenvalue weighted by Gasteiger charge is -2.13. The van der Waals surface area contributed by atoms with Gasteiger partial charge in [0.05, 0.1) is 5.69 Å². The summed E-state index contributed by atoms with van der Waals surface area (Å²) in [6.45, 7) is 1.97. The summed E-state index contributed by atoms with van der Waals surface area (Å²) >= 11 is 0. The summed E-state index contributed by atoms with van der Waals surface area (Å²) in [5.74, 6) is -0.0119. The van der Waals surface area contributed by atoms with Gasteiger partial charge in [-0.3, -0.25) is 9.55 Å². The molecular formula is C6H9N3O2. The number of nitrogens with zero attached hydrogens (tertiary/aromatic N) is 1. The van der Waals surface area contributed by atoms with Gasteiger partial charge in [0.1, 0.15) is 0 Å². The standard InChI is InChI=1S/C6H9N3O2/c10-5-4-3-7-1-2-9(4)6(11)8-5/h7,10H,1-3H2,(H,8,11). The molecule has 0 fully saturated rings. The number of hydrogen-bond donors (Lipinski definition) is 3. The highest BCUT2D eigenvalue weighted by Crippen LogP contribution is 2.12. The minimum absolute atomic E-state index is 0.0119. The molecule has 5 heteroatoms. The predicted octanol–water partition coefficient (Wildman–Crippen LogP) is -1.01. The number of aromatic hydroxyl groups is 1. The lowest BCUT2D eigenvalue weighted by molar-refractivity contribution is 0.430. The summed E-state index contributed by atoms with van der Waals surface area (Å²) in [6.07, 6.45) is 0. The van der Waals surface area contributed by atoms with Crippen molar-refractivity contribution in [2.45, 2.75) is 13.1 Å². The van der Waals surface area contributed by atoms with Gasteiger partial charge >= 0.3 is 5.69 Å². The van der Waals surface area contributed by atoms with E-state index < -0.39 is 0 Å². The third kappa shape index (κ3) is 0.848. The van der Waals surface area contributed by atoms with Crippen LogP contribution in [-0.4, -0.2) is 21.2 Å². The normalized spacial score (nSPS) is 16.4. The molecular weight excluding hydrogens is 146 g/mol. The summed E-state index contributed by atoms with van der Waals surface area (Å²) in [4.78, 5) is 13.3. The zero-order valence-electron chi connectivity index (χ0n) is 5.92. The highest BCUT2D eigenvalue weighted by atomic mass is 16.3. The molecule has 60 valence electrons. The lowest BCUT2D eigenvalue weighted by atomic mass is 10.3. The van der Waals surface area contributed by atoms with Crippen molar-refractivity contribution in [3.05, 3.63) is 16.2 Å². The largest absolute Gasteiger partial charge is 0.493 e. The van der Waals surface area contributed by atoms with Gasteiger partial charge in [-0.05, 0) is 0 Å². The first-order chi connectivity index (χ1) is 5.29. The van der Waals surface area contributed by atoms with Crippen LogP contribution in [0.2, 0.25) is 0 Å². The van der Waals surface area contributed by atoms with Crippen LogP contribution in [0.15, 0.2) is 4.79 Å². The molecule has 0 amide bonds. The van der Waals surface area contributed by atoms with Crippen LogP contribution in [0.1, 0.15) is 5.69 Å². The molecule has 11 heavy (non-hydrogen) atoms. The van der Waals surface area contributed by atoms with E-state index in [4.69, 9.17) is 5.11 Å². The summed E-state index contributed by atoms with van der Waals surface area (Å²) in [5, 5.41) is 12.2. The Bertz CT molecular complexity index is 325. The van der Waals surface area contributed by atoms with Gasteiger partial charge < -0.3 is 10.4 Å². The van der Waals surface area contributed by atoms with E-state index in [0.717, 1.165) is 6.54 Å². The maximum Gasteiger partial charge on any atom is 0.328 e. The van der Waals surface area contributed by atoms with Crippen molar-refractivity contribution in [3.63, 3.8) is 0 Å². The number of hydrogen-bond acceptors (Lipinski definition) is 3. The monoisotopic (exact) mass is 155 g/mol. The fourth-order valence-electron chi connectivity index (χ4n) is 1.30. The lowest BCUT2D eigenvalue weighted by Crippen LogP contribution is -2.32. The second kappa shape index (κ2) is 2.13. The Hall–Kier alpha value is -1.23. The van der Waals surface area contributed by atoms with Crippen molar-refractivity contribution < 1.29 is 5.11 Å². The van der Waals surface area contributed by atoms with Gasteiger partial charge in [0.25, 0.3) is 0 Å². The molecule has 0 aromatic carbocycles. The van der Waals surface area contributed by atoms with Crippen LogP contribution < -0.4 is 11.0 Å². The van der Waals surface area contributed by atoms with Gasteiger partial charge in [-0.25, -0.2) is 4.79 Å². The molecule has 1 aliphatic rings. The highest BCUT2D eigenvalue weighted by molar-refractivity contribution is 5.18. The highest BCUT2D eigenvalue weighted by Gasteiger charge is 2.15. The van der Waals surface area contributed by atoms with Crippen molar-refractivity contribution in [3.8, 4) is 5.88 Å². The molecule has 0 saturated heterocycles. The number of H-pyrrole nitrogens is 1. The minimum Gasteiger partial charge on any atom is -0.493 e. The first-order valence-electron chi connectivity index (χ1n) is 3.50. The molecule has 1 aromatic heterocycles. The van der Waals surface area contributed by atoms with Crippen LogP contribution in [0.4, 0.5) is 0 Å². The van der Waals surface area contributed by atoms with E-state index in [1.165, 1.54) is 0 Å². The third-order valence-corrected chi connectivity index (χ3v) is 1.87.